The molecular formula is C11H13ClN2O. The molecule has 0 aromatic heterocycles. The SMILES string of the molecule is COc1ccc(CCNCC#N)c(Cl)c1. The number of nitrogens with zero attached hydrogens (tertiary/aromatic N) is 1. The van der Waals surface area contributed by atoms with Crippen LogP contribution in [0.3, 0.4) is 0 Å². The van der Waals surface area contributed by atoms with Gasteiger partial charge in [0.25, 0.3) is 0 Å². The maximum atomic E-state index is 8.33. The summed E-state index contributed by atoms with van der Waals surface area (Å²) >= 11 is 6.05. The summed E-state index contributed by atoms with van der Waals surface area (Å²) in [5.41, 5.74) is 1.06. The largest absolute Gasteiger partial charge is 0.497 e. The van der Waals surface area contributed by atoms with Crippen molar-refractivity contribution in [1.29, 1.82) is 5.26 Å². The van der Waals surface area contributed by atoms with Gasteiger partial charge in [-0.25, -0.2) is 0 Å². The average Bonchev–Trinajstić information content (AvgIpc) is 2.26. The van der Waals surface area contributed by atoms with Gasteiger partial charge < -0.3 is 10.1 Å². The Morgan fingerprint density at radius 2 is 2.33 bits per heavy atom. The second-order valence-corrected chi connectivity index (χ2v) is 3.45. The van der Waals surface area contributed by atoms with Gasteiger partial charge in [-0.15, -0.1) is 0 Å². The molecule has 1 aromatic rings. The fraction of sp³-hybridized carbons (Fsp3) is 0.364. The second-order valence-electron chi connectivity index (χ2n) is 3.04. The zero-order valence-corrected chi connectivity index (χ0v) is 9.34. The maximum Gasteiger partial charge on any atom is 0.120 e. The first kappa shape index (κ1) is 11.8. The standard InChI is InChI=1S/C11H13ClN2O/c1-15-10-3-2-9(11(12)8-10)4-6-14-7-5-13/h2-3,8,14H,4,6-7H2,1H3. The minimum atomic E-state index is 0.369. The first-order valence-corrected chi connectivity index (χ1v) is 5.06. The molecule has 0 atom stereocenters. The summed E-state index contributed by atoms with van der Waals surface area (Å²) in [4.78, 5) is 0. The number of benzene rings is 1. The molecule has 3 nitrogen and oxygen atoms in total. The van der Waals surface area contributed by atoms with Crippen molar-refractivity contribution in [2.75, 3.05) is 20.2 Å². The molecule has 15 heavy (non-hydrogen) atoms. The van der Waals surface area contributed by atoms with Gasteiger partial charge in [0, 0.05) is 11.6 Å². The number of halogens is 1. The van der Waals surface area contributed by atoms with Gasteiger partial charge in [0.2, 0.25) is 0 Å². The van der Waals surface area contributed by atoms with E-state index < -0.39 is 0 Å². The Morgan fingerprint density at radius 3 is 2.93 bits per heavy atom. The highest BCUT2D eigenvalue weighted by Crippen LogP contribution is 2.22. The summed E-state index contributed by atoms with van der Waals surface area (Å²) in [6, 6.07) is 7.64. The van der Waals surface area contributed by atoms with Gasteiger partial charge in [0.15, 0.2) is 0 Å². The predicted octanol–water partition coefficient (Wildman–Crippen LogP) is 2.00. The van der Waals surface area contributed by atoms with Crippen LogP contribution in [0.2, 0.25) is 5.02 Å². The number of hydrogen-bond acceptors (Lipinski definition) is 3. The zero-order valence-electron chi connectivity index (χ0n) is 8.59. The van der Waals surface area contributed by atoms with Crippen molar-refractivity contribution in [2.24, 2.45) is 0 Å². The Bertz CT molecular complexity index is 360. The summed E-state index contributed by atoms with van der Waals surface area (Å²) in [5, 5.41) is 12.0. The van der Waals surface area contributed by atoms with Gasteiger partial charge in [0.1, 0.15) is 5.75 Å². The highest BCUT2D eigenvalue weighted by molar-refractivity contribution is 6.31. The molecule has 0 saturated heterocycles. The van der Waals surface area contributed by atoms with Crippen molar-refractivity contribution >= 4 is 11.6 Å². The average molecular weight is 225 g/mol. The summed E-state index contributed by atoms with van der Waals surface area (Å²) in [7, 11) is 1.61. The quantitative estimate of drug-likeness (QED) is 0.615. The molecular weight excluding hydrogens is 212 g/mol. The van der Waals surface area contributed by atoms with Crippen LogP contribution in [-0.4, -0.2) is 20.2 Å². The summed E-state index contributed by atoms with van der Waals surface area (Å²) in [6.45, 7) is 1.12. The first-order valence-electron chi connectivity index (χ1n) is 4.68. The van der Waals surface area contributed by atoms with Crippen molar-refractivity contribution in [3.63, 3.8) is 0 Å². The minimum Gasteiger partial charge on any atom is -0.497 e. The van der Waals surface area contributed by atoms with Crippen LogP contribution in [0.1, 0.15) is 5.56 Å². The molecule has 0 spiro atoms. The van der Waals surface area contributed by atoms with Gasteiger partial charge in [-0.1, -0.05) is 17.7 Å². The van der Waals surface area contributed by atoms with E-state index in [1.54, 1.807) is 13.2 Å². The molecule has 80 valence electrons. The van der Waals surface area contributed by atoms with Gasteiger partial charge >= 0.3 is 0 Å². The van der Waals surface area contributed by atoms with E-state index in [-0.39, 0.29) is 0 Å². The molecule has 1 aromatic carbocycles. The molecule has 1 N–H and O–H groups in total. The van der Waals surface area contributed by atoms with Gasteiger partial charge in [-0.3, -0.25) is 0 Å². The highest BCUT2D eigenvalue weighted by atomic mass is 35.5. The first-order chi connectivity index (χ1) is 7.27. The van der Waals surface area contributed by atoms with Crippen molar-refractivity contribution < 1.29 is 4.74 Å². The Kier molecular flexibility index (Phi) is 4.96. The number of methoxy groups -OCH3 is 1. The van der Waals surface area contributed by atoms with E-state index in [0.29, 0.717) is 11.6 Å². The lowest BCUT2D eigenvalue weighted by Crippen LogP contribution is -2.17. The number of ether oxygens (including phenoxy) is 1. The van der Waals surface area contributed by atoms with E-state index in [2.05, 4.69) is 5.32 Å². The van der Waals surface area contributed by atoms with E-state index >= 15 is 0 Å². The minimum absolute atomic E-state index is 0.369. The van der Waals surface area contributed by atoms with Crippen LogP contribution in [0.15, 0.2) is 18.2 Å². The molecule has 4 heteroatoms. The van der Waals surface area contributed by atoms with E-state index in [1.807, 2.05) is 18.2 Å². The maximum absolute atomic E-state index is 8.33. The van der Waals surface area contributed by atoms with Crippen LogP contribution < -0.4 is 10.1 Å². The number of rotatable bonds is 5. The molecule has 0 aliphatic heterocycles. The number of hydrogen-bond donors (Lipinski definition) is 1. The third-order valence-corrected chi connectivity index (χ3v) is 2.39. The fourth-order valence-electron chi connectivity index (χ4n) is 1.23. The summed E-state index contributed by atoms with van der Waals surface area (Å²) in [6.07, 6.45) is 0.810. The lowest BCUT2D eigenvalue weighted by molar-refractivity contribution is 0.414. The van der Waals surface area contributed by atoms with Crippen molar-refractivity contribution in [1.82, 2.24) is 5.32 Å². The van der Waals surface area contributed by atoms with Gasteiger partial charge in [-0.05, 0) is 24.1 Å². The van der Waals surface area contributed by atoms with Crippen LogP contribution in [0.5, 0.6) is 5.75 Å². The molecule has 1 rings (SSSR count). The number of nitrogens with one attached hydrogen (secondary N) is 1. The normalized spacial score (nSPS) is 9.67. The Balaban J connectivity index is 2.51. The molecule has 0 aliphatic carbocycles. The lowest BCUT2D eigenvalue weighted by Gasteiger charge is -2.06. The molecule has 0 saturated carbocycles. The molecule has 0 amide bonds. The van der Waals surface area contributed by atoms with Crippen LogP contribution >= 0.6 is 11.6 Å². The van der Waals surface area contributed by atoms with Crippen molar-refractivity contribution in [3.8, 4) is 11.8 Å². The van der Waals surface area contributed by atoms with E-state index in [4.69, 9.17) is 21.6 Å². The highest BCUT2D eigenvalue weighted by Gasteiger charge is 2.01. The Morgan fingerprint density at radius 1 is 1.53 bits per heavy atom. The molecule has 0 fully saturated rings. The monoisotopic (exact) mass is 224 g/mol. The van der Waals surface area contributed by atoms with Crippen LogP contribution in [0.4, 0.5) is 0 Å². The van der Waals surface area contributed by atoms with Crippen LogP contribution in [0, 0.1) is 11.3 Å². The summed E-state index contributed by atoms with van der Waals surface area (Å²) in [5.74, 6) is 0.758. The van der Waals surface area contributed by atoms with E-state index in [9.17, 15) is 0 Å². The Hall–Kier alpha value is -1.24. The van der Waals surface area contributed by atoms with Gasteiger partial charge in [0.05, 0.1) is 19.7 Å². The van der Waals surface area contributed by atoms with Crippen LogP contribution in [-0.2, 0) is 6.42 Å². The molecule has 0 heterocycles. The molecule has 0 radical (unpaired) electrons. The smallest absolute Gasteiger partial charge is 0.120 e. The topological polar surface area (TPSA) is 45.0 Å². The third-order valence-electron chi connectivity index (χ3n) is 2.04. The second kappa shape index (κ2) is 6.28. The van der Waals surface area contributed by atoms with E-state index in [0.717, 1.165) is 24.3 Å². The van der Waals surface area contributed by atoms with Crippen molar-refractivity contribution in [3.05, 3.63) is 28.8 Å². The summed E-state index contributed by atoms with van der Waals surface area (Å²) < 4.78 is 5.05. The van der Waals surface area contributed by atoms with E-state index in [1.165, 1.54) is 0 Å². The Labute approximate surface area is 94.6 Å². The fourth-order valence-corrected chi connectivity index (χ4v) is 1.49. The molecule has 0 aliphatic rings. The molecule has 0 bridgehead atoms. The van der Waals surface area contributed by atoms with Crippen LogP contribution in [0.25, 0.3) is 0 Å². The predicted molar refractivity (Wildman–Crippen MR) is 60.2 cm³/mol. The lowest BCUT2D eigenvalue weighted by atomic mass is 10.1. The zero-order chi connectivity index (χ0) is 11.1. The van der Waals surface area contributed by atoms with Gasteiger partial charge in [-0.2, -0.15) is 5.26 Å². The number of nitriles is 1. The third kappa shape index (κ3) is 3.78. The van der Waals surface area contributed by atoms with Crippen molar-refractivity contribution in [2.45, 2.75) is 6.42 Å². The molecule has 0 unspecified atom stereocenters.